The Balaban J connectivity index is 0.000000225. The van der Waals surface area contributed by atoms with Gasteiger partial charge in [-0.05, 0) is 87.5 Å². The fourth-order valence-electron chi connectivity index (χ4n) is 8.92. The first-order valence-electron chi connectivity index (χ1n) is 19.2. The summed E-state index contributed by atoms with van der Waals surface area (Å²) in [7, 11) is -8.46. The Kier molecular flexibility index (Phi) is 20.5. The van der Waals surface area contributed by atoms with E-state index in [1.165, 1.54) is 9.79 Å². The van der Waals surface area contributed by atoms with Crippen LogP contribution in [0.2, 0.25) is 0 Å². The van der Waals surface area contributed by atoms with Gasteiger partial charge in [-0.25, -0.2) is 16.8 Å². The SMILES string of the molecule is C[S+](C)c1ccccc1.C[S+](C)c1ccccc1.O=C(CS(=O)(=O)[O-])OC1C2CC3CC(C2)C(=O)OC1C3.O=C(CS(=O)(=O)[O-])OC1C2CC3CC(C2)C(=O)OC1C3.[Br-].[Na+]. The number of rotatable bonds is 8. The van der Waals surface area contributed by atoms with Crippen molar-refractivity contribution in [3.8, 4) is 0 Å². The van der Waals surface area contributed by atoms with Crippen LogP contribution in [0.1, 0.15) is 51.4 Å². The van der Waals surface area contributed by atoms with E-state index in [2.05, 4.69) is 85.7 Å². The maximum Gasteiger partial charge on any atom is 1.00 e. The fraction of sp³-hybridized carbons (Fsp3) is 0.600. The van der Waals surface area contributed by atoms with E-state index in [9.17, 15) is 45.1 Å². The summed E-state index contributed by atoms with van der Waals surface area (Å²) in [4.78, 5) is 49.5. The number of esters is 4. The monoisotopic (exact) mass is 986 g/mol. The molecule has 60 heavy (non-hydrogen) atoms. The minimum absolute atomic E-state index is 0. The second-order valence-electron chi connectivity index (χ2n) is 16.1. The quantitative estimate of drug-likeness (QED) is 0.0876. The van der Waals surface area contributed by atoms with Gasteiger partial charge in [-0.1, -0.05) is 36.4 Å². The van der Waals surface area contributed by atoms with Gasteiger partial charge in [-0.3, -0.25) is 19.2 Å². The normalized spacial score (nSPS) is 29.2. The predicted octanol–water partition coefficient (Wildman–Crippen LogP) is -2.54. The van der Waals surface area contributed by atoms with Crippen molar-refractivity contribution in [3.05, 3.63) is 60.7 Å². The molecule has 0 amide bonds. The number of ether oxygens (including phenoxy) is 4. The average molecular weight is 988 g/mol. The van der Waals surface area contributed by atoms with Gasteiger partial charge in [-0.15, -0.1) is 0 Å². The van der Waals surface area contributed by atoms with E-state index in [0.717, 1.165) is 25.7 Å². The van der Waals surface area contributed by atoms with Crippen molar-refractivity contribution in [1.82, 2.24) is 0 Å². The van der Waals surface area contributed by atoms with Crippen molar-refractivity contribution in [1.29, 1.82) is 0 Å². The molecule has 10 atom stereocenters. The fourth-order valence-corrected chi connectivity index (χ4v) is 11.0. The maximum absolute atomic E-state index is 11.8. The van der Waals surface area contributed by atoms with Gasteiger partial charge in [0.1, 0.15) is 81.2 Å². The van der Waals surface area contributed by atoms with Gasteiger partial charge in [0.2, 0.25) is 0 Å². The van der Waals surface area contributed by atoms with Crippen LogP contribution in [0.25, 0.3) is 0 Å². The molecule has 10 unspecified atom stereocenters. The van der Waals surface area contributed by atoms with Gasteiger partial charge in [0.05, 0.1) is 11.8 Å². The third kappa shape index (κ3) is 15.8. The molecule has 8 aliphatic rings. The first-order valence-corrected chi connectivity index (χ1v) is 26.4. The molecule has 4 heterocycles. The number of carbonyl (C=O) groups is 4. The summed E-state index contributed by atoms with van der Waals surface area (Å²) in [5.41, 5.74) is 0. The number of benzene rings is 2. The molecule has 2 aromatic carbocycles. The minimum Gasteiger partial charge on any atom is -1.00 e. The van der Waals surface area contributed by atoms with Crippen LogP contribution in [0.4, 0.5) is 0 Å². The summed E-state index contributed by atoms with van der Waals surface area (Å²) in [6, 6.07) is 21.1. The molecular weight excluding hydrogens is 936 g/mol. The molecule has 328 valence electrons. The summed E-state index contributed by atoms with van der Waals surface area (Å²) in [5.74, 6) is -4.44. The smallest absolute Gasteiger partial charge is 1.00 e. The van der Waals surface area contributed by atoms with Crippen molar-refractivity contribution < 1.29 is 111 Å². The second kappa shape index (κ2) is 23.3. The van der Waals surface area contributed by atoms with E-state index < -0.39 is 68.1 Å². The zero-order valence-electron chi connectivity index (χ0n) is 34.3. The molecule has 4 saturated heterocycles. The molecule has 10 rings (SSSR count). The van der Waals surface area contributed by atoms with E-state index in [1.54, 1.807) is 0 Å². The maximum atomic E-state index is 11.8. The third-order valence-electron chi connectivity index (χ3n) is 11.2. The van der Waals surface area contributed by atoms with Crippen LogP contribution in [0.15, 0.2) is 70.5 Å². The Morgan fingerprint density at radius 3 is 1.22 bits per heavy atom. The second-order valence-corrected chi connectivity index (χ2v) is 23.1. The van der Waals surface area contributed by atoms with E-state index >= 15 is 0 Å². The third-order valence-corrected chi connectivity index (χ3v) is 14.8. The van der Waals surface area contributed by atoms with Crippen LogP contribution in [0.5, 0.6) is 0 Å². The predicted molar refractivity (Wildman–Crippen MR) is 214 cm³/mol. The summed E-state index contributed by atoms with van der Waals surface area (Å²) >= 11 is 0. The van der Waals surface area contributed by atoms with E-state index in [-0.39, 0.29) is 82.1 Å². The number of fused-ring (bicyclic) bond motifs is 2. The van der Waals surface area contributed by atoms with Gasteiger partial charge in [0.25, 0.3) is 0 Å². The van der Waals surface area contributed by atoms with Crippen LogP contribution >= 0.6 is 0 Å². The van der Waals surface area contributed by atoms with Crippen molar-refractivity contribution in [2.24, 2.45) is 35.5 Å². The first-order chi connectivity index (χ1) is 27.2. The van der Waals surface area contributed by atoms with E-state index in [0.29, 0.717) is 59.3 Å². The van der Waals surface area contributed by atoms with Crippen molar-refractivity contribution in [3.63, 3.8) is 0 Å². The van der Waals surface area contributed by atoms with Gasteiger partial charge < -0.3 is 45.0 Å². The molecular formula is C40H52BrNaO14S4. The minimum atomic E-state index is -4.65. The zero-order chi connectivity index (χ0) is 42.4. The summed E-state index contributed by atoms with van der Waals surface area (Å²) in [6.07, 6.45) is 12.5. The Morgan fingerprint density at radius 2 is 0.933 bits per heavy atom. The van der Waals surface area contributed by atoms with Crippen LogP contribution < -0.4 is 46.5 Å². The summed E-state index contributed by atoms with van der Waals surface area (Å²) in [5, 5.41) is 0. The Hall–Kier alpha value is -1.68. The Bertz CT molecular complexity index is 1830. The summed E-state index contributed by atoms with van der Waals surface area (Å²) in [6.45, 7) is 0. The average Bonchev–Trinajstić information content (AvgIpc) is 3.41. The van der Waals surface area contributed by atoms with Gasteiger partial charge >= 0.3 is 53.4 Å². The van der Waals surface area contributed by atoms with Crippen molar-refractivity contribution >= 4 is 65.9 Å². The van der Waals surface area contributed by atoms with Gasteiger partial charge in [-0.2, -0.15) is 0 Å². The van der Waals surface area contributed by atoms with Crippen LogP contribution in [0, 0.1) is 35.5 Å². The van der Waals surface area contributed by atoms with Crippen LogP contribution in [0.3, 0.4) is 0 Å². The van der Waals surface area contributed by atoms with Gasteiger partial charge in [0, 0.05) is 33.6 Å². The topological polar surface area (TPSA) is 220 Å². The number of carbonyl (C=O) groups excluding carboxylic acids is 4. The molecule has 4 saturated carbocycles. The molecule has 0 N–H and O–H groups in total. The van der Waals surface area contributed by atoms with Crippen LogP contribution in [-0.4, -0.2) is 111 Å². The summed E-state index contributed by atoms with van der Waals surface area (Å²) < 4.78 is 84.3. The molecule has 4 aliphatic heterocycles. The molecule has 0 spiro atoms. The van der Waals surface area contributed by atoms with E-state index in [1.807, 2.05) is 0 Å². The Labute approximate surface area is 391 Å². The molecule has 2 aromatic rings. The number of hydrogen-bond acceptors (Lipinski definition) is 14. The number of hydrogen-bond donors (Lipinski definition) is 0. The largest absolute Gasteiger partial charge is 1.00 e. The van der Waals surface area contributed by atoms with Crippen molar-refractivity contribution in [2.45, 2.75) is 85.6 Å². The molecule has 0 radical (unpaired) electrons. The molecule has 4 aliphatic carbocycles. The van der Waals surface area contributed by atoms with Crippen molar-refractivity contribution in [2.75, 3.05) is 36.5 Å². The Morgan fingerprint density at radius 1 is 0.600 bits per heavy atom. The molecule has 8 bridgehead atoms. The van der Waals surface area contributed by atoms with Crippen LogP contribution in [-0.2, 0) is 80.2 Å². The zero-order valence-corrected chi connectivity index (χ0v) is 41.2. The molecule has 8 fully saturated rings. The standard InChI is InChI=1S/2C12H16O7S.2C8H11S.BrH.Na/c2*13-10(5-20(15,16)17)19-11-7-1-6-2-8(4-7)12(14)18-9(11)3-6;2*1-9(2)8-6-4-3-5-7-8;;/h2*6-9,11H,1-5H2,(H,15,16,17);2*3-7H,1-2H3;1H;/q;;2*+1;;+1/p-3. The van der Waals surface area contributed by atoms with Gasteiger partial charge in [0.15, 0.2) is 9.79 Å². The van der Waals surface area contributed by atoms with E-state index in [4.69, 9.17) is 18.9 Å². The molecule has 14 nitrogen and oxygen atoms in total. The molecule has 20 heteroatoms. The molecule has 0 aromatic heterocycles. The first kappa shape index (κ1) is 52.7. The number of halogens is 1.